The van der Waals surface area contributed by atoms with Crippen LogP contribution in [0.25, 0.3) is 10.4 Å². The SMILES string of the molecule is CN1CCc2sc(-c3cc(F)c(O)c(C=O)c3)cc2C1. The van der Waals surface area contributed by atoms with Gasteiger partial charge in [-0.3, -0.25) is 4.79 Å². The second-order valence-electron chi connectivity index (χ2n) is 5.06. The van der Waals surface area contributed by atoms with E-state index in [9.17, 15) is 14.3 Å². The molecule has 1 aromatic carbocycles. The third-order valence-electron chi connectivity index (χ3n) is 3.56. The predicted octanol–water partition coefficient (Wildman–Crippen LogP) is 3.06. The van der Waals surface area contributed by atoms with Gasteiger partial charge in [-0.2, -0.15) is 0 Å². The summed E-state index contributed by atoms with van der Waals surface area (Å²) in [4.78, 5) is 15.4. The number of likely N-dealkylation sites (N-methyl/N-ethyl adjacent to an activating group) is 1. The zero-order chi connectivity index (χ0) is 14.3. The molecule has 0 aliphatic carbocycles. The Morgan fingerprint density at radius 2 is 2.20 bits per heavy atom. The first-order chi connectivity index (χ1) is 9.58. The van der Waals surface area contributed by atoms with E-state index in [1.807, 2.05) is 0 Å². The Hall–Kier alpha value is -1.72. The lowest BCUT2D eigenvalue weighted by Crippen LogP contribution is -2.25. The van der Waals surface area contributed by atoms with Gasteiger partial charge in [0.15, 0.2) is 17.9 Å². The van der Waals surface area contributed by atoms with Crippen molar-refractivity contribution in [1.82, 2.24) is 4.90 Å². The van der Waals surface area contributed by atoms with Crippen LogP contribution in [0.3, 0.4) is 0 Å². The van der Waals surface area contributed by atoms with Gasteiger partial charge in [-0.15, -0.1) is 11.3 Å². The van der Waals surface area contributed by atoms with E-state index in [0.717, 1.165) is 24.4 Å². The largest absolute Gasteiger partial charge is 0.504 e. The highest BCUT2D eigenvalue weighted by molar-refractivity contribution is 7.15. The number of phenols is 1. The van der Waals surface area contributed by atoms with Gasteiger partial charge < -0.3 is 10.0 Å². The molecule has 0 bridgehead atoms. The minimum absolute atomic E-state index is 0.0107. The zero-order valence-corrected chi connectivity index (χ0v) is 11.8. The van der Waals surface area contributed by atoms with Crippen LogP contribution >= 0.6 is 11.3 Å². The van der Waals surface area contributed by atoms with E-state index in [-0.39, 0.29) is 5.56 Å². The van der Waals surface area contributed by atoms with E-state index in [2.05, 4.69) is 18.0 Å². The third kappa shape index (κ3) is 2.23. The van der Waals surface area contributed by atoms with Gasteiger partial charge in [0.05, 0.1) is 5.56 Å². The third-order valence-corrected chi connectivity index (χ3v) is 4.85. The van der Waals surface area contributed by atoms with E-state index in [1.165, 1.54) is 22.6 Å². The molecule has 1 aromatic heterocycles. The van der Waals surface area contributed by atoms with Crippen molar-refractivity contribution in [3.05, 3.63) is 40.0 Å². The second kappa shape index (κ2) is 5.00. The summed E-state index contributed by atoms with van der Waals surface area (Å²) in [5.41, 5.74) is 1.90. The summed E-state index contributed by atoms with van der Waals surface area (Å²) < 4.78 is 13.6. The Morgan fingerprint density at radius 1 is 1.40 bits per heavy atom. The number of phenolic OH excluding ortho intramolecular Hbond substituents is 1. The smallest absolute Gasteiger partial charge is 0.166 e. The lowest BCUT2D eigenvalue weighted by atomic mass is 10.1. The van der Waals surface area contributed by atoms with Crippen LogP contribution in [-0.4, -0.2) is 29.9 Å². The number of carbonyl (C=O) groups excluding carboxylic acids is 1. The summed E-state index contributed by atoms with van der Waals surface area (Å²) in [6.45, 7) is 1.92. The van der Waals surface area contributed by atoms with Crippen LogP contribution < -0.4 is 0 Å². The Bertz CT molecular complexity index is 681. The molecule has 0 fully saturated rings. The van der Waals surface area contributed by atoms with Crippen molar-refractivity contribution >= 4 is 17.6 Å². The van der Waals surface area contributed by atoms with Gasteiger partial charge in [0, 0.05) is 22.8 Å². The molecule has 1 aliphatic heterocycles. The van der Waals surface area contributed by atoms with Crippen LogP contribution in [0.15, 0.2) is 18.2 Å². The lowest BCUT2D eigenvalue weighted by Gasteiger charge is -2.21. The first kappa shape index (κ1) is 13.3. The molecule has 0 saturated heterocycles. The molecule has 20 heavy (non-hydrogen) atoms. The van der Waals surface area contributed by atoms with E-state index < -0.39 is 11.6 Å². The molecule has 2 heterocycles. The maximum Gasteiger partial charge on any atom is 0.166 e. The van der Waals surface area contributed by atoms with Crippen LogP contribution in [0.4, 0.5) is 4.39 Å². The van der Waals surface area contributed by atoms with Crippen molar-refractivity contribution in [3.63, 3.8) is 0 Å². The summed E-state index contributed by atoms with van der Waals surface area (Å²) in [5, 5.41) is 9.46. The van der Waals surface area contributed by atoms with Gasteiger partial charge >= 0.3 is 0 Å². The number of aldehydes is 1. The normalized spacial score (nSPS) is 15.1. The minimum atomic E-state index is -0.756. The molecule has 3 nitrogen and oxygen atoms in total. The topological polar surface area (TPSA) is 40.5 Å². The molecule has 0 amide bonds. The van der Waals surface area contributed by atoms with Crippen LogP contribution in [-0.2, 0) is 13.0 Å². The van der Waals surface area contributed by atoms with Gasteiger partial charge in [0.2, 0.25) is 0 Å². The van der Waals surface area contributed by atoms with Gasteiger partial charge in [0.1, 0.15) is 0 Å². The maximum atomic E-state index is 13.6. The average Bonchev–Trinajstić information content (AvgIpc) is 2.84. The van der Waals surface area contributed by atoms with Crippen LogP contribution in [0.1, 0.15) is 20.8 Å². The van der Waals surface area contributed by atoms with Crippen molar-refractivity contribution in [2.75, 3.05) is 13.6 Å². The molecular weight excluding hydrogens is 277 g/mol. The van der Waals surface area contributed by atoms with Crippen molar-refractivity contribution in [1.29, 1.82) is 0 Å². The van der Waals surface area contributed by atoms with E-state index in [1.54, 1.807) is 11.3 Å². The van der Waals surface area contributed by atoms with Crippen molar-refractivity contribution < 1.29 is 14.3 Å². The predicted molar refractivity (Wildman–Crippen MR) is 76.8 cm³/mol. The Kier molecular flexibility index (Phi) is 3.31. The summed E-state index contributed by atoms with van der Waals surface area (Å²) in [5.74, 6) is -1.34. The first-order valence-corrected chi connectivity index (χ1v) is 7.18. The van der Waals surface area contributed by atoms with E-state index >= 15 is 0 Å². The second-order valence-corrected chi connectivity index (χ2v) is 6.20. The first-order valence-electron chi connectivity index (χ1n) is 6.36. The fourth-order valence-electron chi connectivity index (χ4n) is 2.47. The van der Waals surface area contributed by atoms with Crippen LogP contribution in [0.5, 0.6) is 5.75 Å². The molecule has 104 valence electrons. The lowest BCUT2D eigenvalue weighted by molar-refractivity contribution is 0.112. The molecule has 5 heteroatoms. The number of aromatic hydroxyl groups is 1. The number of nitrogens with zero attached hydrogens (tertiary/aromatic N) is 1. The number of rotatable bonds is 2. The molecular formula is C15H14FNO2S. The fourth-order valence-corrected chi connectivity index (χ4v) is 3.62. The number of halogens is 1. The van der Waals surface area contributed by atoms with Crippen LogP contribution in [0.2, 0.25) is 0 Å². The number of hydrogen-bond acceptors (Lipinski definition) is 4. The van der Waals surface area contributed by atoms with E-state index in [4.69, 9.17) is 0 Å². The molecule has 0 atom stereocenters. The van der Waals surface area contributed by atoms with E-state index in [0.29, 0.717) is 11.8 Å². The average molecular weight is 291 g/mol. The van der Waals surface area contributed by atoms with Crippen molar-refractivity contribution in [2.45, 2.75) is 13.0 Å². The van der Waals surface area contributed by atoms with Gasteiger partial charge in [-0.05, 0) is 42.8 Å². The van der Waals surface area contributed by atoms with Gasteiger partial charge in [-0.25, -0.2) is 4.39 Å². The van der Waals surface area contributed by atoms with Crippen LogP contribution in [0, 0.1) is 5.82 Å². The standard InChI is InChI=1S/C15H14FNO2S/c1-17-3-2-13-10(7-17)6-14(20-13)9-4-11(8-18)15(19)12(16)5-9/h4-6,8,19H,2-3,7H2,1H3. The molecule has 0 unspecified atom stereocenters. The zero-order valence-electron chi connectivity index (χ0n) is 11.0. The maximum absolute atomic E-state index is 13.6. The summed E-state index contributed by atoms with van der Waals surface area (Å²) >= 11 is 1.63. The van der Waals surface area contributed by atoms with Crippen molar-refractivity contribution in [3.8, 4) is 16.2 Å². The number of thiophene rings is 1. The summed E-state index contributed by atoms with van der Waals surface area (Å²) in [6, 6.07) is 4.87. The Morgan fingerprint density at radius 3 is 2.95 bits per heavy atom. The molecule has 3 rings (SSSR count). The highest BCUT2D eigenvalue weighted by Gasteiger charge is 2.18. The van der Waals surface area contributed by atoms with Gasteiger partial charge in [0.25, 0.3) is 0 Å². The monoisotopic (exact) mass is 291 g/mol. The Labute approximate surface area is 120 Å². The number of fused-ring (bicyclic) bond motifs is 1. The molecule has 0 spiro atoms. The van der Waals surface area contributed by atoms with Gasteiger partial charge in [-0.1, -0.05) is 0 Å². The highest BCUT2D eigenvalue weighted by atomic mass is 32.1. The Balaban J connectivity index is 2.06. The molecule has 1 N–H and O–H groups in total. The number of carbonyl (C=O) groups is 1. The minimum Gasteiger partial charge on any atom is -0.504 e. The number of hydrogen-bond donors (Lipinski definition) is 1. The highest BCUT2D eigenvalue weighted by Crippen LogP contribution is 2.36. The molecule has 1 aliphatic rings. The quantitative estimate of drug-likeness (QED) is 0.865. The fraction of sp³-hybridized carbons (Fsp3) is 0.267. The van der Waals surface area contributed by atoms with Crippen molar-refractivity contribution in [2.24, 2.45) is 0 Å². The molecule has 0 radical (unpaired) electrons. The molecule has 2 aromatic rings. The molecule has 0 saturated carbocycles. The number of benzene rings is 1. The summed E-state index contributed by atoms with van der Waals surface area (Å²) in [7, 11) is 2.07. The summed E-state index contributed by atoms with van der Waals surface area (Å²) in [6.07, 6.45) is 1.47.